The van der Waals surface area contributed by atoms with E-state index in [-0.39, 0.29) is 5.75 Å². The molecule has 0 amide bonds. The van der Waals surface area contributed by atoms with Crippen LogP contribution in [0.5, 0.6) is 23.0 Å². The van der Waals surface area contributed by atoms with E-state index in [1.54, 1.807) is 19.2 Å². The Labute approximate surface area is 148 Å². The number of benzene rings is 2. The Bertz CT molecular complexity index is 704. The third-order valence-corrected chi connectivity index (χ3v) is 3.80. The molecule has 0 radical (unpaired) electrons. The van der Waals surface area contributed by atoms with Crippen LogP contribution in [0.25, 0.3) is 0 Å². The number of methoxy groups -OCH3 is 3. The highest BCUT2D eigenvalue weighted by Crippen LogP contribution is 2.39. The summed E-state index contributed by atoms with van der Waals surface area (Å²) in [5.41, 5.74) is 2.79. The van der Waals surface area contributed by atoms with Crippen LogP contribution >= 0.6 is 0 Å². The largest absolute Gasteiger partial charge is 0.504 e. The Morgan fingerprint density at radius 3 is 2.28 bits per heavy atom. The van der Waals surface area contributed by atoms with Gasteiger partial charge in [-0.2, -0.15) is 0 Å². The second kappa shape index (κ2) is 8.92. The van der Waals surface area contributed by atoms with Crippen LogP contribution in [0.1, 0.15) is 18.9 Å². The first-order valence-electron chi connectivity index (χ1n) is 8.22. The summed E-state index contributed by atoms with van der Waals surface area (Å²) in [7, 11) is 4.68. The maximum atomic E-state index is 10.1. The summed E-state index contributed by atoms with van der Waals surface area (Å²) in [6.07, 6.45) is 1.06. The average Bonchev–Trinajstić information content (AvgIpc) is 2.64. The third kappa shape index (κ3) is 4.62. The topological polar surface area (TPSA) is 72.0 Å². The first kappa shape index (κ1) is 18.6. The van der Waals surface area contributed by atoms with E-state index in [0.29, 0.717) is 18.0 Å². The lowest BCUT2D eigenvalue weighted by Crippen LogP contribution is -2.05. The summed E-state index contributed by atoms with van der Waals surface area (Å²) in [6.45, 7) is 3.59. The first-order valence-corrected chi connectivity index (χ1v) is 8.22. The number of nitrogens with one attached hydrogen (secondary N) is 2. The van der Waals surface area contributed by atoms with E-state index in [4.69, 9.17) is 14.2 Å². The molecule has 0 atom stereocenters. The van der Waals surface area contributed by atoms with Crippen molar-refractivity contribution in [2.45, 2.75) is 19.9 Å². The number of hydrogen-bond acceptors (Lipinski definition) is 6. The van der Waals surface area contributed by atoms with Crippen molar-refractivity contribution < 1.29 is 19.3 Å². The number of phenolic OH excluding ortho intramolecular Hbond substituents is 1. The molecule has 6 heteroatoms. The highest BCUT2D eigenvalue weighted by Gasteiger charge is 2.12. The lowest BCUT2D eigenvalue weighted by atomic mass is 10.1. The summed E-state index contributed by atoms with van der Waals surface area (Å²) in [6, 6.07) is 9.39. The van der Waals surface area contributed by atoms with E-state index < -0.39 is 0 Å². The number of phenols is 1. The molecule has 2 rings (SSSR count). The predicted molar refractivity (Wildman–Crippen MR) is 100 cm³/mol. The van der Waals surface area contributed by atoms with Crippen molar-refractivity contribution in [1.29, 1.82) is 0 Å². The standard InChI is InChI=1S/C19H26N2O4/c1-5-8-20-14-6-7-17(23-2)13(9-14)12-21-15-10-16(22)19(25-4)18(11-15)24-3/h6-7,9-11,20-22H,5,8,12H2,1-4H3. The molecule has 25 heavy (non-hydrogen) atoms. The van der Waals surface area contributed by atoms with Crippen LogP contribution in [-0.4, -0.2) is 33.0 Å². The Hall–Kier alpha value is -2.76. The summed E-state index contributed by atoms with van der Waals surface area (Å²) >= 11 is 0. The molecule has 0 saturated heterocycles. The summed E-state index contributed by atoms with van der Waals surface area (Å²) in [4.78, 5) is 0. The minimum atomic E-state index is 0.0229. The number of hydrogen-bond donors (Lipinski definition) is 3. The van der Waals surface area contributed by atoms with Gasteiger partial charge in [-0.3, -0.25) is 0 Å². The summed E-state index contributed by atoms with van der Waals surface area (Å²) < 4.78 is 15.8. The van der Waals surface area contributed by atoms with Crippen molar-refractivity contribution >= 4 is 11.4 Å². The zero-order chi connectivity index (χ0) is 18.2. The van der Waals surface area contributed by atoms with Gasteiger partial charge in [0.05, 0.1) is 21.3 Å². The highest BCUT2D eigenvalue weighted by molar-refractivity contribution is 5.62. The number of aromatic hydroxyl groups is 1. The van der Waals surface area contributed by atoms with Crippen LogP contribution in [0.15, 0.2) is 30.3 Å². The quantitative estimate of drug-likeness (QED) is 0.640. The van der Waals surface area contributed by atoms with Crippen LogP contribution in [0.2, 0.25) is 0 Å². The van der Waals surface area contributed by atoms with E-state index >= 15 is 0 Å². The Balaban J connectivity index is 2.18. The molecule has 6 nitrogen and oxygen atoms in total. The molecule has 0 unspecified atom stereocenters. The van der Waals surface area contributed by atoms with Gasteiger partial charge in [0, 0.05) is 42.2 Å². The maximum absolute atomic E-state index is 10.1. The second-order valence-electron chi connectivity index (χ2n) is 5.54. The van der Waals surface area contributed by atoms with E-state index in [2.05, 4.69) is 23.6 Å². The fourth-order valence-electron chi connectivity index (χ4n) is 2.54. The smallest absolute Gasteiger partial charge is 0.203 e. The number of anilines is 2. The Kier molecular flexibility index (Phi) is 6.62. The van der Waals surface area contributed by atoms with Crippen LogP contribution in [0.4, 0.5) is 11.4 Å². The molecule has 0 aliphatic carbocycles. The Morgan fingerprint density at radius 1 is 0.880 bits per heavy atom. The minimum absolute atomic E-state index is 0.0229. The molecule has 0 saturated carbocycles. The molecular weight excluding hydrogens is 320 g/mol. The fraction of sp³-hybridized carbons (Fsp3) is 0.368. The second-order valence-corrected chi connectivity index (χ2v) is 5.54. The van der Waals surface area contributed by atoms with E-state index in [1.165, 1.54) is 14.2 Å². The lowest BCUT2D eigenvalue weighted by molar-refractivity contribution is 0.333. The van der Waals surface area contributed by atoms with Gasteiger partial charge in [0.15, 0.2) is 11.5 Å². The van der Waals surface area contributed by atoms with Crippen LogP contribution in [0.3, 0.4) is 0 Å². The number of ether oxygens (including phenoxy) is 3. The summed E-state index contributed by atoms with van der Waals surface area (Å²) in [5.74, 6) is 1.61. The van der Waals surface area contributed by atoms with Crippen molar-refractivity contribution in [3.05, 3.63) is 35.9 Å². The van der Waals surface area contributed by atoms with Gasteiger partial charge in [-0.15, -0.1) is 0 Å². The Morgan fingerprint density at radius 2 is 1.64 bits per heavy atom. The van der Waals surface area contributed by atoms with Crippen LogP contribution in [0, 0.1) is 0 Å². The van der Waals surface area contributed by atoms with Crippen molar-refractivity contribution in [3.63, 3.8) is 0 Å². The van der Waals surface area contributed by atoms with Gasteiger partial charge >= 0.3 is 0 Å². The van der Waals surface area contributed by atoms with Gasteiger partial charge in [0.1, 0.15) is 5.75 Å². The predicted octanol–water partition coefficient (Wildman–Crippen LogP) is 3.85. The molecular formula is C19H26N2O4. The molecule has 0 aromatic heterocycles. The van der Waals surface area contributed by atoms with Crippen molar-refractivity contribution in [2.75, 3.05) is 38.5 Å². The first-order chi connectivity index (χ1) is 12.1. The molecule has 0 heterocycles. The zero-order valence-corrected chi connectivity index (χ0v) is 15.2. The maximum Gasteiger partial charge on any atom is 0.203 e. The van der Waals surface area contributed by atoms with Gasteiger partial charge in [0.25, 0.3) is 0 Å². The van der Waals surface area contributed by atoms with Crippen LogP contribution in [-0.2, 0) is 6.54 Å². The van der Waals surface area contributed by atoms with E-state index in [9.17, 15) is 5.11 Å². The highest BCUT2D eigenvalue weighted by atomic mass is 16.5. The molecule has 0 bridgehead atoms. The molecule has 0 fully saturated rings. The molecule has 2 aromatic carbocycles. The number of rotatable bonds is 9. The van der Waals surface area contributed by atoms with Crippen molar-refractivity contribution in [1.82, 2.24) is 0 Å². The van der Waals surface area contributed by atoms with Gasteiger partial charge in [-0.05, 0) is 24.6 Å². The van der Waals surface area contributed by atoms with Gasteiger partial charge < -0.3 is 30.0 Å². The van der Waals surface area contributed by atoms with Crippen molar-refractivity contribution in [3.8, 4) is 23.0 Å². The molecule has 3 N–H and O–H groups in total. The molecule has 0 aliphatic rings. The lowest BCUT2D eigenvalue weighted by Gasteiger charge is -2.15. The molecule has 0 spiro atoms. The van der Waals surface area contributed by atoms with Gasteiger partial charge in [-0.25, -0.2) is 0 Å². The monoisotopic (exact) mass is 346 g/mol. The SMILES string of the molecule is CCCNc1ccc(OC)c(CNc2cc(O)c(OC)c(OC)c2)c1. The average molecular weight is 346 g/mol. The zero-order valence-electron chi connectivity index (χ0n) is 15.2. The minimum Gasteiger partial charge on any atom is -0.504 e. The normalized spacial score (nSPS) is 10.2. The van der Waals surface area contributed by atoms with E-state index in [0.717, 1.165) is 35.7 Å². The van der Waals surface area contributed by atoms with Crippen molar-refractivity contribution in [2.24, 2.45) is 0 Å². The molecule has 136 valence electrons. The van der Waals surface area contributed by atoms with Gasteiger partial charge in [-0.1, -0.05) is 6.92 Å². The van der Waals surface area contributed by atoms with E-state index in [1.807, 2.05) is 12.1 Å². The van der Waals surface area contributed by atoms with Gasteiger partial charge in [0.2, 0.25) is 5.75 Å². The third-order valence-electron chi connectivity index (χ3n) is 3.80. The summed E-state index contributed by atoms with van der Waals surface area (Å²) in [5, 5.41) is 16.7. The molecule has 2 aromatic rings. The molecule has 0 aliphatic heterocycles. The van der Waals surface area contributed by atoms with Crippen LogP contribution < -0.4 is 24.8 Å². The fourth-order valence-corrected chi connectivity index (χ4v) is 2.54.